The van der Waals surface area contributed by atoms with Crippen LogP contribution in [-0.4, -0.2) is 18.7 Å². The smallest absolute Gasteiger partial charge is 0.309 e. The predicted octanol–water partition coefficient (Wildman–Crippen LogP) is 6.55. The molecule has 0 aromatic heterocycles. The Hall–Kier alpha value is -2.02. The summed E-state index contributed by atoms with van der Waals surface area (Å²) in [6.45, 7) is 2.95. The number of hydrogen-bond acceptors (Lipinski definition) is 4. The Labute approximate surface area is 181 Å². The second-order valence-electron chi connectivity index (χ2n) is 9.10. The fourth-order valence-electron chi connectivity index (χ4n) is 4.90. The Morgan fingerprint density at radius 2 is 1.73 bits per heavy atom. The maximum absolute atomic E-state index is 12.7. The third-order valence-corrected chi connectivity index (χ3v) is 6.92. The van der Waals surface area contributed by atoms with Crippen LogP contribution in [-0.2, 0) is 9.53 Å². The number of carbonyl (C=O) groups excluding carboxylic acids is 1. The van der Waals surface area contributed by atoms with Gasteiger partial charge < -0.3 is 9.47 Å². The molecule has 0 heterocycles. The van der Waals surface area contributed by atoms with E-state index in [4.69, 9.17) is 14.7 Å². The standard InChI is InChI=1S/C26H37NO3/c1-2-3-19-29-24-16-12-22(13-17-24)21-8-10-23(11-9-21)26(28)30-25-14-6-20(7-15-25)5-4-18-27/h12-13,16-17,20-21,23,25H,2-11,14-15,19H2,1H3/t20-,21-,23-,25-. The molecule has 1 aromatic rings. The highest BCUT2D eigenvalue weighted by atomic mass is 16.5. The lowest BCUT2D eigenvalue weighted by Crippen LogP contribution is -2.29. The second-order valence-corrected chi connectivity index (χ2v) is 9.10. The van der Waals surface area contributed by atoms with Crippen LogP contribution in [0.5, 0.6) is 5.75 Å². The van der Waals surface area contributed by atoms with Gasteiger partial charge in [-0.25, -0.2) is 0 Å². The molecule has 0 atom stereocenters. The van der Waals surface area contributed by atoms with Gasteiger partial charge in [0.25, 0.3) is 0 Å². The molecule has 4 heteroatoms. The molecule has 0 spiro atoms. The summed E-state index contributed by atoms with van der Waals surface area (Å²) in [5.41, 5.74) is 1.36. The number of rotatable bonds is 9. The van der Waals surface area contributed by atoms with E-state index in [1.54, 1.807) is 0 Å². The van der Waals surface area contributed by atoms with Crippen molar-refractivity contribution in [1.82, 2.24) is 0 Å². The van der Waals surface area contributed by atoms with Crippen LogP contribution >= 0.6 is 0 Å². The van der Waals surface area contributed by atoms with E-state index in [0.717, 1.165) is 83.0 Å². The normalized spacial score (nSPS) is 26.5. The molecule has 3 rings (SSSR count). The molecule has 2 fully saturated rings. The number of carbonyl (C=O) groups is 1. The van der Waals surface area contributed by atoms with Gasteiger partial charge in [0.05, 0.1) is 18.6 Å². The van der Waals surface area contributed by atoms with E-state index in [1.165, 1.54) is 5.56 Å². The highest BCUT2D eigenvalue weighted by molar-refractivity contribution is 5.72. The van der Waals surface area contributed by atoms with Crippen molar-refractivity contribution in [3.05, 3.63) is 29.8 Å². The van der Waals surface area contributed by atoms with Gasteiger partial charge in [0, 0.05) is 6.42 Å². The highest BCUT2D eigenvalue weighted by Crippen LogP contribution is 2.37. The van der Waals surface area contributed by atoms with Gasteiger partial charge in [0.2, 0.25) is 0 Å². The van der Waals surface area contributed by atoms with Crippen LogP contribution in [0.15, 0.2) is 24.3 Å². The van der Waals surface area contributed by atoms with Gasteiger partial charge in [0.15, 0.2) is 0 Å². The zero-order valence-electron chi connectivity index (χ0n) is 18.5. The fourth-order valence-corrected chi connectivity index (χ4v) is 4.90. The topological polar surface area (TPSA) is 59.3 Å². The first-order valence-corrected chi connectivity index (χ1v) is 12.0. The minimum Gasteiger partial charge on any atom is -0.494 e. The number of esters is 1. The molecule has 0 amide bonds. The molecule has 2 aliphatic carbocycles. The van der Waals surface area contributed by atoms with E-state index < -0.39 is 0 Å². The number of ether oxygens (including phenoxy) is 2. The summed E-state index contributed by atoms with van der Waals surface area (Å²) in [7, 11) is 0. The molecule has 0 aliphatic heterocycles. The summed E-state index contributed by atoms with van der Waals surface area (Å²) >= 11 is 0. The number of nitriles is 1. The van der Waals surface area contributed by atoms with Gasteiger partial charge in [-0.05, 0) is 93.7 Å². The number of nitrogens with zero attached hydrogens (tertiary/aromatic N) is 1. The minimum atomic E-state index is 0.0218. The summed E-state index contributed by atoms with van der Waals surface area (Å²) in [6, 6.07) is 10.8. The van der Waals surface area contributed by atoms with Gasteiger partial charge in [0.1, 0.15) is 11.9 Å². The molecule has 2 saturated carbocycles. The Balaban J connectivity index is 1.38. The van der Waals surface area contributed by atoms with Crippen molar-refractivity contribution in [3.8, 4) is 11.8 Å². The molecule has 0 radical (unpaired) electrons. The van der Waals surface area contributed by atoms with E-state index in [2.05, 4.69) is 37.3 Å². The monoisotopic (exact) mass is 411 g/mol. The van der Waals surface area contributed by atoms with Crippen LogP contribution in [0.1, 0.15) is 95.5 Å². The average Bonchev–Trinajstić information content (AvgIpc) is 2.79. The van der Waals surface area contributed by atoms with Gasteiger partial charge in [-0.2, -0.15) is 5.26 Å². The quantitative estimate of drug-likeness (QED) is 0.342. The van der Waals surface area contributed by atoms with E-state index in [0.29, 0.717) is 18.3 Å². The maximum atomic E-state index is 12.7. The summed E-state index contributed by atoms with van der Waals surface area (Å²) in [6.07, 6.45) is 12.0. The largest absolute Gasteiger partial charge is 0.494 e. The molecule has 0 N–H and O–H groups in total. The van der Waals surface area contributed by atoms with E-state index in [1.807, 2.05) is 0 Å². The molecule has 0 bridgehead atoms. The lowest BCUT2D eigenvalue weighted by atomic mass is 9.78. The zero-order valence-corrected chi connectivity index (χ0v) is 18.5. The van der Waals surface area contributed by atoms with E-state index >= 15 is 0 Å². The van der Waals surface area contributed by atoms with Gasteiger partial charge in [-0.3, -0.25) is 4.79 Å². The number of unbranched alkanes of at least 4 members (excludes halogenated alkanes) is 1. The van der Waals surface area contributed by atoms with Gasteiger partial charge >= 0.3 is 5.97 Å². The minimum absolute atomic E-state index is 0.0218. The third-order valence-electron chi connectivity index (χ3n) is 6.92. The molecular weight excluding hydrogens is 374 g/mol. The van der Waals surface area contributed by atoms with E-state index in [9.17, 15) is 4.79 Å². The predicted molar refractivity (Wildman–Crippen MR) is 118 cm³/mol. The zero-order chi connectivity index (χ0) is 21.2. The summed E-state index contributed by atoms with van der Waals surface area (Å²) in [5, 5.41) is 8.73. The lowest BCUT2D eigenvalue weighted by Gasteiger charge is -2.31. The van der Waals surface area contributed by atoms with Crippen molar-refractivity contribution >= 4 is 5.97 Å². The first kappa shape index (κ1) is 22.7. The fraction of sp³-hybridized carbons (Fsp3) is 0.692. The molecule has 30 heavy (non-hydrogen) atoms. The molecule has 4 nitrogen and oxygen atoms in total. The SMILES string of the molecule is CCCCOc1ccc([C@H]2CC[C@H](C(=O)O[C@H]3CC[C@H](CCC#N)CC3)CC2)cc1. The Morgan fingerprint density at radius 3 is 2.37 bits per heavy atom. The number of hydrogen-bond donors (Lipinski definition) is 0. The lowest BCUT2D eigenvalue weighted by molar-refractivity contribution is -0.157. The van der Waals surface area contributed by atoms with Crippen LogP contribution in [0.25, 0.3) is 0 Å². The maximum Gasteiger partial charge on any atom is 0.309 e. The van der Waals surface area contributed by atoms with Crippen LogP contribution < -0.4 is 4.74 Å². The molecule has 0 saturated heterocycles. The highest BCUT2D eigenvalue weighted by Gasteiger charge is 2.31. The van der Waals surface area contributed by atoms with Gasteiger partial charge in [-0.1, -0.05) is 25.5 Å². The Kier molecular flexibility index (Phi) is 9.05. The van der Waals surface area contributed by atoms with Crippen LogP contribution in [0.4, 0.5) is 0 Å². The molecule has 164 valence electrons. The molecule has 1 aromatic carbocycles. The summed E-state index contributed by atoms with van der Waals surface area (Å²) < 4.78 is 11.6. The first-order chi connectivity index (χ1) is 14.7. The van der Waals surface area contributed by atoms with Crippen molar-refractivity contribution in [2.45, 2.75) is 96.0 Å². The van der Waals surface area contributed by atoms with Crippen molar-refractivity contribution in [1.29, 1.82) is 5.26 Å². The third kappa shape index (κ3) is 6.76. The molecule has 2 aliphatic rings. The van der Waals surface area contributed by atoms with Crippen LogP contribution in [0, 0.1) is 23.2 Å². The van der Waals surface area contributed by atoms with Gasteiger partial charge in [-0.15, -0.1) is 0 Å². The summed E-state index contributed by atoms with van der Waals surface area (Å²) in [4.78, 5) is 12.7. The summed E-state index contributed by atoms with van der Waals surface area (Å²) in [5.74, 6) is 2.21. The van der Waals surface area contributed by atoms with Crippen molar-refractivity contribution < 1.29 is 14.3 Å². The molecular formula is C26H37NO3. The van der Waals surface area contributed by atoms with Crippen molar-refractivity contribution in [2.75, 3.05) is 6.61 Å². The first-order valence-electron chi connectivity index (χ1n) is 12.0. The average molecular weight is 412 g/mol. The van der Waals surface area contributed by atoms with Crippen LogP contribution in [0.2, 0.25) is 0 Å². The van der Waals surface area contributed by atoms with E-state index in [-0.39, 0.29) is 18.0 Å². The Morgan fingerprint density at radius 1 is 1.03 bits per heavy atom. The second kappa shape index (κ2) is 12.0. The van der Waals surface area contributed by atoms with Crippen LogP contribution in [0.3, 0.4) is 0 Å². The van der Waals surface area contributed by atoms with Crippen molar-refractivity contribution in [2.24, 2.45) is 11.8 Å². The number of benzene rings is 1. The van der Waals surface area contributed by atoms with Crippen molar-refractivity contribution in [3.63, 3.8) is 0 Å². The molecule has 0 unspecified atom stereocenters. The Bertz CT molecular complexity index is 677.